The molecule has 3 aromatic rings. The Morgan fingerprint density at radius 1 is 1.05 bits per heavy atom. The molecule has 0 aliphatic rings. The Kier molecular flexibility index (Phi) is 3.93. The normalized spacial score (nSPS) is 11.2. The van der Waals surface area contributed by atoms with E-state index in [1.807, 2.05) is 24.8 Å². The molecule has 0 aliphatic heterocycles. The number of pyridine rings is 2. The molecular formula is C18H19N3. The summed E-state index contributed by atoms with van der Waals surface area (Å²) < 4.78 is 0. The van der Waals surface area contributed by atoms with Crippen LogP contribution in [0.2, 0.25) is 0 Å². The van der Waals surface area contributed by atoms with E-state index in [0.29, 0.717) is 6.04 Å². The number of fused-ring (bicyclic) bond motifs is 1. The third-order valence-electron chi connectivity index (χ3n) is 3.50. The number of nitrogens with one attached hydrogen (secondary N) is 1. The first-order chi connectivity index (χ1) is 10.2. The summed E-state index contributed by atoms with van der Waals surface area (Å²) in [4.78, 5) is 8.58. The Balaban J connectivity index is 2.01. The minimum atomic E-state index is 0.470. The van der Waals surface area contributed by atoms with Crippen LogP contribution in [-0.4, -0.2) is 16.0 Å². The van der Waals surface area contributed by atoms with E-state index < -0.39 is 0 Å². The molecular weight excluding hydrogens is 258 g/mol. The van der Waals surface area contributed by atoms with Crippen molar-refractivity contribution in [1.29, 1.82) is 0 Å². The molecule has 0 amide bonds. The van der Waals surface area contributed by atoms with Gasteiger partial charge in [-0.05, 0) is 28.6 Å². The Morgan fingerprint density at radius 2 is 1.95 bits per heavy atom. The lowest BCUT2D eigenvalue weighted by molar-refractivity contribution is 0.588. The highest BCUT2D eigenvalue weighted by Gasteiger charge is 2.05. The van der Waals surface area contributed by atoms with Crippen molar-refractivity contribution in [3.63, 3.8) is 0 Å². The molecule has 0 saturated carbocycles. The lowest BCUT2D eigenvalue weighted by atomic mass is 10.00. The molecule has 0 saturated heterocycles. The van der Waals surface area contributed by atoms with Crippen molar-refractivity contribution >= 4 is 10.8 Å². The molecule has 2 aromatic heterocycles. The molecule has 0 aliphatic carbocycles. The first-order valence-corrected chi connectivity index (χ1v) is 7.24. The molecule has 1 N–H and O–H groups in total. The van der Waals surface area contributed by atoms with Crippen LogP contribution in [0.3, 0.4) is 0 Å². The first-order valence-electron chi connectivity index (χ1n) is 7.24. The second-order valence-electron chi connectivity index (χ2n) is 5.52. The Morgan fingerprint density at radius 3 is 2.81 bits per heavy atom. The summed E-state index contributed by atoms with van der Waals surface area (Å²) in [7, 11) is 0. The average molecular weight is 277 g/mol. The van der Waals surface area contributed by atoms with Crippen LogP contribution in [0, 0.1) is 0 Å². The SMILES string of the molecule is CC(C)NCc1cncc(-c2cccc3cnccc23)c1. The van der Waals surface area contributed by atoms with Gasteiger partial charge < -0.3 is 5.32 Å². The van der Waals surface area contributed by atoms with E-state index in [1.165, 1.54) is 16.5 Å². The lowest BCUT2D eigenvalue weighted by Crippen LogP contribution is -2.21. The zero-order valence-corrected chi connectivity index (χ0v) is 12.4. The summed E-state index contributed by atoms with van der Waals surface area (Å²) in [6.07, 6.45) is 7.58. The number of hydrogen-bond donors (Lipinski definition) is 1. The summed E-state index contributed by atoms with van der Waals surface area (Å²) in [6.45, 7) is 5.13. The molecule has 1 aromatic carbocycles. The van der Waals surface area contributed by atoms with Gasteiger partial charge in [-0.15, -0.1) is 0 Å². The molecule has 0 atom stereocenters. The number of hydrogen-bond acceptors (Lipinski definition) is 3. The lowest BCUT2D eigenvalue weighted by Gasteiger charge is -2.10. The molecule has 3 heteroatoms. The fourth-order valence-corrected chi connectivity index (χ4v) is 2.43. The van der Waals surface area contributed by atoms with Gasteiger partial charge in [0.25, 0.3) is 0 Å². The molecule has 0 unspecified atom stereocenters. The van der Waals surface area contributed by atoms with Gasteiger partial charge in [0.05, 0.1) is 0 Å². The largest absolute Gasteiger partial charge is 0.310 e. The summed E-state index contributed by atoms with van der Waals surface area (Å²) in [5, 5.41) is 5.79. The molecule has 0 radical (unpaired) electrons. The van der Waals surface area contributed by atoms with E-state index in [9.17, 15) is 0 Å². The highest BCUT2D eigenvalue weighted by molar-refractivity contribution is 5.95. The molecule has 106 valence electrons. The predicted octanol–water partition coefficient (Wildman–Crippen LogP) is 3.79. The quantitative estimate of drug-likeness (QED) is 0.788. The van der Waals surface area contributed by atoms with Crippen LogP contribution < -0.4 is 5.32 Å². The van der Waals surface area contributed by atoms with Crippen LogP contribution in [-0.2, 0) is 6.54 Å². The van der Waals surface area contributed by atoms with Crippen LogP contribution in [0.25, 0.3) is 21.9 Å². The molecule has 0 bridgehead atoms. The van der Waals surface area contributed by atoms with Crippen LogP contribution >= 0.6 is 0 Å². The van der Waals surface area contributed by atoms with Gasteiger partial charge in [-0.1, -0.05) is 32.0 Å². The minimum Gasteiger partial charge on any atom is -0.310 e. The Hall–Kier alpha value is -2.26. The van der Waals surface area contributed by atoms with Gasteiger partial charge in [0, 0.05) is 48.3 Å². The zero-order valence-electron chi connectivity index (χ0n) is 12.4. The molecule has 3 nitrogen and oxygen atoms in total. The summed E-state index contributed by atoms with van der Waals surface area (Å²) in [5.41, 5.74) is 3.55. The molecule has 21 heavy (non-hydrogen) atoms. The monoisotopic (exact) mass is 277 g/mol. The maximum Gasteiger partial charge on any atom is 0.0346 e. The van der Waals surface area contributed by atoms with E-state index in [0.717, 1.165) is 17.5 Å². The van der Waals surface area contributed by atoms with Crippen LogP contribution in [0.4, 0.5) is 0 Å². The van der Waals surface area contributed by atoms with E-state index >= 15 is 0 Å². The van der Waals surface area contributed by atoms with Gasteiger partial charge in [-0.3, -0.25) is 9.97 Å². The molecule has 3 rings (SSSR count). The topological polar surface area (TPSA) is 37.8 Å². The van der Waals surface area contributed by atoms with E-state index in [2.05, 4.69) is 59.5 Å². The fourth-order valence-electron chi connectivity index (χ4n) is 2.43. The number of aromatic nitrogens is 2. The van der Waals surface area contributed by atoms with Crippen molar-refractivity contribution in [2.45, 2.75) is 26.4 Å². The second kappa shape index (κ2) is 6.02. The third-order valence-corrected chi connectivity index (χ3v) is 3.50. The van der Waals surface area contributed by atoms with Crippen molar-refractivity contribution in [3.8, 4) is 11.1 Å². The minimum absolute atomic E-state index is 0.470. The van der Waals surface area contributed by atoms with Gasteiger partial charge in [-0.2, -0.15) is 0 Å². The zero-order chi connectivity index (χ0) is 14.7. The van der Waals surface area contributed by atoms with Crippen molar-refractivity contribution in [3.05, 3.63) is 60.7 Å². The van der Waals surface area contributed by atoms with E-state index in [1.54, 1.807) is 0 Å². The molecule has 0 spiro atoms. The first kappa shape index (κ1) is 13.7. The number of nitrogens with zero attached hydrogens (tertiary/aromatic N) is 2. The standard InChI is InChI=1S/C18H19N3/c1-13(2)21-10-14-8-16(12-20-9-14)17-5-3-4-15-11-19-7-6-18(15)17/h3-9,11-13,21H,10H2,1-2H3. The van der Waals surface area contributed by atoms with Crippen LogP contribution in [0.15, 0.2) is 55.1 Å². The Labute approximate surface area is 125 Å². The average Bonchev–Trinajstić information content (AvgIpc) is 2.52. The van der Waals surface area contributed by atoms with Gasteiger partial charge >= 0.3 is 0 Å². The van der Waals surface area contributed by atoms with Crippen LogP contribution in [0.1, 0.15) is 19.4 Å². The van der Waals surface area contributed by atoms with Crippen molar-refractivity contribution in [1.82, 2.24) is 15.3 Å². The highest BCUT2D eigenvalue weighted by atomic mass is 14.9. The smallest absolute Gasteiger partial charge is 0.0346 e. The summed E-state index contributed by atoms with van der Waals surface area (Å²) in [6, 6.07) is 11.0. The van der Waals surface area contributed by atoms with Gasteiger partial charge in [0.2, 0.25) is 0 Å². The maximum atomic E-state index is 4.39. The molecule has 0 fully saturated rings. The van der Waals surface area contributed by atoms with E-state index in [4.69, 9.17) is 0 Å². The van der Waals surface area contributed by atoms with Gasteiger partial charge in [0.1, 0.15) is 0 Å². The summed E-state index contributed by atoms with van der Waals surface area (Å²) in [5.74, 6) is 0. The van der Waals surface area contributed by atoms with Crippen molar-refractivity contribution in [2.24, 2.45) is 0 Å². The van der Waals surface area contributed by atoms with Gasteiger partial charge in [0.15, 0.2) is 0 Å². The second-order valence-corrected chi connectivity index (χ2v) is 5.52. The molecule has 2 heterocycles. The van der Waals surface area contributed by atoms with Crippen molar-refractivity contribution < 1.29 is 0 Å². The number of benzene rings is 1. The Bertz CT molecular complexity index is 745. The fraction of sp³-hybridized carbons (Fsp3) is 0.222. The predicted molar refractivity (Wildman–Crippen MR) is 86.9 cm³/mol. The maximum absolute atomic E-state index is 4.39. The number of rotatable bonds is 4. The van der Waals surface area contributed by atoms with Crippen molar-refractivity contribution in [2.75, 3.05) is 0 Å². The van der Waals surface area contributed by atoms with Crippen LogP contribution in [0.5, 0.6) is 0 Å². The van der Waals surface area contributed by atoms with Gasteiger partial charge in [-0.25, -0.2) is 0 Å². The third kappa shape index (κ3) is 3.09. The highest BCUT2D eigenvalue weighted by Crippen LogP contribution is 2.27. The van der Waals surface area contributed by atoms with E-state index in [-0.39, 0.29) is 0 Å². The summed E-state index contributed by atoms with van der Waals surface area (Å²) >= 11 is 0.